The van der Waals surface area contributed by atoms with Crippen LogP contribution in [0.3, 0.4) is 0 Å². The molecule has 11 rings (SSSR count). The van der Waals surface area contributed by atoms with Crippen LogP contribution in [0.15, 0.2) is 194 Å². The largest absolute Gasteiger partial charge is 0.310 e. The zero-order valence-electron chi connectivity index (χ0n) is 34.4. The molecule has 0 spiro atoms. The highest BCUT2D eigenvalue weighted by molar-refractivity contribution is 6.02. The zero-order chi connectivity index (χ0) is 43.0. The summed E-state index contributed by atoms with van der Waals surface area (Å²) in [4.78, 5) is 3.39. The van der Waals surface area contributed by atoms with Crippen molar-refractivity contribution in [3.05, 3.63) is 229 Å². The minimum Gasteiger partial charge on any atom is -0.310 e. The summed E-state index contributed by atoms with van der Waals surface area (Å²) in [7, 11) is 0. The van der Waals surface area contributed by atoms with Gasteiger partial charge in [-0.15, -0.1) is 0 Å². The fourth-order valence-electron chi connectivity index (χ4n) is 9.62. The third-order valence-corrected chi connectivity index (χ3v) is 12.7. The monoisotopic (exact) mass is 826 g/mol. The van der Waals surface area contributed by atoms with Crippen molar-refractivity contribution < 1.29 is 17.6 Å². The predicted molar refractivity (Wildman–Crippen MR) is 251 cm³/mol. The van der Waals surface area contributed by atoms with Gasteiger partial charge in [0, 0.05) is 33.2 Å². The quantitative estimate of drug-likeness (QED) is 0.117. The molecule has 0 N–H and O–H groups in total. The van der Waals surface area contributed by atoms with Gasteiger partial charge in [-0.3, -0.25) is 0 Å². The van der Waals surface area contributed by atoms with Gasteiger partial charge in [0.25, 0.3) is 0 Å². The number of hydrogen-bond donors (Lipinski definition) is 0. The van der Waals surface area contributed by atoms with E-state index >= 15 is 17.6 Å². The predicted octanol–water partition coefficient (Wildman–Crippen LogP) is 16.6. The maximum atomic E-state index is 17.0. The van der Waals surface area contributed by atoms with Gasteiger partial charge in [0.15, 0.2) is 23.3 Å². The molecule has 0 aromatic heterocycles. The Morgan fingerprint density at radius 3 is 1.52 bits per heavy atom. The van der Waals surface area contributed by atoms with Gasteiger partial charge >= 0.3 is 0 Å². The summed E-state index contributed by atoms with van der Waals surface area (Å²) >= 11 is 0. The average molecular weight is 827 g/mol. The van der Waals surface area contributed by atoms with Crippen molar-refractivity contribution in [3.63, 3.8) is 0 Å². The Morgan fingerprint density at radius 1 is 0.365 bits per heavy atom. The molecule has 0 radical (unpaired) electrons. The molecule has 0 bridgehead atoms. The van der Waals surface area contributed by atoms with Gasteiger partial charge in [0.1, 0.15) is 5.69 Å². The number of rotatable bonds is 7. The summed E-state index contributed by atoms with van der Waals surface area (Å²) in [5.74, 6) is -6.00. The van der Waals surface area contributed by atoms with Crippen molar-refractivity contribution in [2.75, 3.05) is 9.80 Å². The molecule has 304 valence electrons. The zero-order valence-corrected chi connectivity index (χ0v) is 34.4. The molecular formula is C57H38F4N2. The molecule has 1 aliphatic carbocycles. The van der Waals surface area contributed by atoms with E-state index in [1.54, 1.807) is 36.4 Å². The topological polar surface area (TPSA) is 6.48 Å². The fraction of sp³-hybridized carbons (Fsp3) is 0.0526. The maximum absolute atomic E-state index is 17.0. The molecule has 0 saturated carbocycles. The van der Waals surface area contributed by atoms with E-state index in [9.17, 15) is 0 Å². The molecule has 0 fully saturated rings. The molecule has 0 heterocycles. The smallest absolute Gasteiger partial charge is 0.186 e. The highest BCUT2D eigenvalue weighted by Gasteiger charge is 2.36. The minimum absolute atomic E-state index is 0.0103. The maximum Gasteiger partial charge on any atom is 0.186 e. The summed E-state index contributed by atoms with van der Waals surface area (Å²) in [6, 6.07) is 61.2. The van der Waals surface area contributed by atoms with Crippen LogP contribution in [0.4, 0.5) is 51.7 Å². The molecule has 10 aromatic rings. The van der Waals surface area contributed by atoms with Gasteiger partial charge in [-0.2, -0.15) is 0 Å². The third kappa shape index (κ3) is 6.08. The van der Waals surface area contributed by atoms with Crippen molar-refractivity contribution in [2.45, 2.75) is 19.3 Å². The molecule has 0 amide bonds. The standard InChI is InChI=1S/C57H38F4N2/c1-57(2)47-22-10-9-21-45(47)46-32-31-42(34-48(46)57)62(49-23-11-17-36-14-5-7-19-43(36)49)40-28-26-38(27-29-40)51-52(58)54(60)56(55(61)53(51)59)63(41-30-25-35-13-3-4-16-39(35)33-41)50-24-12-18-37-15-6-8-20-44(37)50/h3-34H,1-2H3. The van der Waals surface area contributed by atoms with Crippen LogP contribution in [-0.2, 0) is 5.41 Å². The first-order valence-corrected chi connectivity index (χ1v) is 20.9. The Morgan fingerprint density at radius 2 is 0.857 bits per heavy atom. The first-order valence-electron chi connectivity index (χ1n) is 20.9. The first kappa shape index (κ1) is 38.2. The van der Waals surface area contributed by atoms with Crippen LogP contribution in [0.5, 0.6) is 0 Å². The number of halogens is 4. The molecule has 0 unspecified atom stereocenters. The van der Waals surface area contributed by atoms with E-state index in [-0.39, 0.29) is 11.0 Å². The van der Waals surface area contributed by atoms with Gasteiger partial charge in [-0.1, -0.05) is 159 Å². The second kappa shape index (κ2) is 14.7. The van der Waals surface area contributed by atoms with Crippen LogP contribution >= 0.6 is 0 Å². The van der Waals surface area contributed by atoms with E-state index in [0.29, 0.717) is 22.4 Å². The lowest BCUT2D eigenvalue weighted by molar-refractivity contribution is 0.461. The highest BCUT2D eigenvalue weighted by Crippen LogP contribution is 2.51. The Bertz CT molecular complexity index is 3410. The van der Waals surface area contributed by atoms with Crippen LogP contribution in [0.1, 0.15) is 25.0 Å². The average Bonchev–Trinajstić information content (AvgIpc) is 3.55. The number of nitrogens with zero attached hydrogens (tertiary/aromatic N) is 2. The van der Waals surface area contributed by atoms with E-state index in [0.717, 1.165) is 38.3 Å². The van der Waals surface area contributed by atoms with Crippen LogP contribution in [0.25, 0.3) is 54.6 Å². The molecule has 0 saturated heterocycles. The van der Waals surface area contributed by atoms with E-state index < -0.39 is 34.5 Å². The summed E-state index contributed by atoms with van der Waals surface area (Å²) in [5, 5.41) is 5.20. The fourth-order valence-corrected chi connectivity index (χ4v) is 9.62. The van der Waals surface area contributed by atoms with Gasteiger partial charge in [-0.05, 0) is 97.9 Å². The van der Waals surface area contributed by atoms with Crippen molar-refractivity contribution >= 4 is 66.4 Å². The van der Waals surface area contributed by atoms with E-state index in [1.165, 1.54) is 39.3 Å². The van der Waals surface area contributed by atoms with Crippen LogP contribution in [0.2, 0.25) is 0 Å². The first-order chi connectivity index (χ1) is 30.7. The second-order valence-corrected chi connectivity index (χ2v) is 16.6. The molecular weight excluding hydrogens is 789 g/mol. The van der Waals surface area contributed by atoms with Crippen molar-refractivity contribution in [2.24, 2.45) is 0 Å². The molecule has 0 atom stereocenters. The summed E-state index contributed by atoms with van der Waals surface area (Å²) < 4.78 is 67.5. The Kier molecular flexibility index (Phi) is 8.95. The van der Waals surface area contributed by atoms with Gasteiger partial charge < -0.3 is 9.80 Å². The molecule has 2 nitrogen and oxygen atoms in total. The number of benzene rings is 10. The number of hydrogen-bond acceptors (Lipinski definition) is 2. The summed E-state index contributed by atoms with van der Waals surface area (Å²) in [5.41, 5.74) is 6.09. The van der Waals surface area contributed by atoms with Gasteiger partial charge in [-0.25, -0.2) is 17.6 Å². The Labute approximate surface area is 362 Å². The highest BCUT2D eigenvalue weighted by atomic mass is 19.2. The van der Waals surface area contributed by atoms with E-state index in [2.05, 4.69) is 79.4 Å². The summed E-state index contributed by atoms with van der Waals surface area (Å²) in [6.07, 6.45) is 0. The third-order valence-electron chi connectivity index (χ3n) is 12.7. The lowest BCUT2D eigenvalue weighted by Gasteiger charge is -2.29. The number of anilines is 6. The van der Waals surface area contributed by atoms with Crippen molar-refractivity contribution in [3.8, 4) is 22.3 Å². The van der Waals surface area contributed by atoms with Gasteiger partial charge in [0.05, 0.1) is 16.9 Å². The molecule has 0 aliphatic heterocycles. The van der Waals surface area contributed by atoms with Crippen LogP contribution in [0, 0.1) is 23.3 Å². The van der Waals surface area contributed by atoms with Crippen molar-refractivity contribution in [1.29, 1.82) is 0 Å². The van der Waals surface area contributed by atoms with Gasteiger partial charge in [0.2, 0.25) is 0 Å². The molecule has 10 aromatic carbocycles. The Balaban J connectivity index is 1.05. The minimum atomic E-state index is -1.51. The Hall–Kier alpha value is -7.70. The normalized spacial score (nSPS) is 12.7. The molecule has 1 aliphatic rings. The SMILES string of the molecule is CC1(C)c2ccccc2-c2ccc(N(c3ccc(-c4c(F)c(F)c(N(c5ccc6ccccc6c5)c5cccc6ccccc56)c(F)c4F)cc3)c3cccc4ccccc34)cc21. The van der Waals surface area contributed by atoms with Crippen LogP contribution in [-0.4, -0.2) is 0 Å². The lowest BCUT2D eigenvalue weighted by Crippen LogP contribution is -2.17. The second-order valence-electron chi connectivity index (χ2n) is 16.6. The lowest BCUT2D eigenvalue weighted by atomic mass is 9.82. The van der Waals surface area contributed by atoms with E-state index in [4.69, 9.17) is 0 Å². The molecule has 6 heteroatoms. The summed E-state index contributed by atoms with van der Waals surface area (Å²) in [6.45, 7) is 4.46. The van der Waals surface area contributed by atoms with Crippen molar-refractivity contribution in [1.82, 2.24) is 0 Å². The van der Waals surface area contributed by atoms with E-state index in [1.807, 2.05) is 84.9 Å². The number of fused-ring (bicyclic) bond motifs is 6. The van der Waals surface area contributed by atoms with Crippen LogP contribution < -0.4 is 9.80 Å². The molecule has 63 heavy (non-hydrogen) atoms.